The molecule has 1 aromatic heterocycles. The zero-order chi connectivity index (χ0) is 22.0. The average Bonchev–Trinajstić information content (AvgIpc) is 3.36. The van der Waals surface area contributed by atoms with Crippen LogP contribution in [0.4, 0.5) is 4.39 Å². The minimum absolute atomic E-state index is 0.00246. The predicted molar refractivity (Wildman–Crippen MR) is 116 cm³/mol. The highest BCUT2D eigenvalue weighted by molar-refractivity contribution is 9.10. The van der Waals surface area contributed by atoms with Crippen molar-refractivity contribution in [1.82, 2.24) is 14.5 Å². The highest BCUT2D eigenvalue weighted by Gasteiger charge is 2.45. The van der Waals surface area contributed by atoms with E-state index >= 15 is 0 Å². The Labute approximate surface area is 186 Å². The number of aryl methyl sites for hydroxylation is 1. The minimum atomic E-state index is -0.755. The van der Waals surface area contributed by atoms with E-state index in [1.165, 1.54) is 29.2 Å². The number of amides is 1. The molecule has 0 bridgehead atoms. The second-order valence-corrected chi connectivity index (χ2v) is 8.12. The van der Waals surface area contributed by atoms with Crippen LogP contribution in [0.3, 0.4) is 0 Å². The molecule has 1 N–H and O–H groups in total. The van der Waals surface area contributed by atoms with Gasteiger partial charge in [-0.15, -0.1) is 0 Å². The maximum absolute atomic E-state index is 13.3. The SMILES string of the molecule is O=C1C(=O)N(CCCn2ccnc2)C(c2cccc(Br)c2)C1=C(O)c1ccc(F)cc1. The molecule has 0 radical (unpaired) electrons. The fourth-order valence-electron chi connectivity index (χ4n) is 3.74. The Morgan fingerprint density at radius 3 is 2.58 bits per heavy atom. The van der Waals surface area contributed by atoms with Crippen LogP contribution in [0.5, 0.6) is 0 Å². The molecule has 31 heavy (non-hydrogen) atoms. The number of rotatable bonds is 6. The van der Waals surface area contributed by atoms with E-state index in [9.17, 15) is 19.1 Å². The standard InChI is InChI=1S/C23H19BrFN3O3/c24-17-4-1-3-16(13-17)20-19(21(29)15-5-7-18(25)8-6-15)22(30)23(31)28(20)11-2-10-27-12-9-26-14-27/h1,3-9,12-14,20,29H,2,10-11H2. The number of hydrogen-bond donors (Lipinski definition) is 1. The molecule has 0 saturated carbocycles. The fourth-order valence-corrected chi connectivity index (χ4v) is 4.16. The number of halogens is 2. The summed E-state index contributed by atoms with van der Waals surface area (Å²) in [5.41, 5.74) is 0.968. The van der Waals surface area contributed by atoms with E-state index in [-0.39, 0.29) is 16.9 Å². The van der Waals surface area contributed by atoms with Gasteiger partial charge in [-0.1, -0.05) is 28.1 Å². The molecular formula is C23H19BrFN3O3. The molecular weight excluding hydrogens is 465 g/mol. The van der Waals surface area contributed by atoms with Crippen molar-refractivity contribution in [1.29, 1.82) is 0 Å². The lowest BCUT2D eigenvalue weighted by Crippen LogP contribution is -2.31. The summed E-state index contributed by atoms with van der Waals surface area (Å²) in [4.78, 5) is 31.3. The quantitative estimate of drug-likeness (QED) is 0.322. The van der Waals surface area contributed by atoms with Crippen LogP contribution in [0.15, 0.2) is 77.3 Å². The molecule has 1 amide bonds. The van der Waals surface area contributed by atoms with Crippen molar-refractivity contribution in [2.45, 2.75) is 19.0 Å². The molecule has 3 aromatic rings. The third kappa shape index (κ3) is 4.29. The first-order chi connectivity index (χ1) is 15.0. The van der Waals surface area contributed by atoms with Gasteiger partial charge in [-0.3, -0.25) is 9.59 Å². The van der Waals surface area contributed by atoms with Gasteiger partial charge in [0.2, 0.25) is 0 Å². The monoisotopic (exact) mass is 483 g/mol. The second kappa shape index (κ2) is 8.85. The summed E-state index contributed by atoms with van der Waals surface area (Å²) in [6.07, 6.45) is 5.80. The Balaban J connectivity index is 1.73. The van der Waals surface area contributed by atoms with E-state index in [1.54, 1.807) is 12.5 Å². The van der Waals surface area contributed by atoms with Crippen LogP contribution in [-0.2, 0) is 16.1 Å². The second-order valence-electron chi connectivity index (χ2n) is 7.21. The van der Waals surface area contributed by atoms with Gasteiger partial charge in [-0.05, 0) is 48.4 Å². The normalized spacial score (nSPS) is 18.0. The van der Waals surface area contributed by atoms with Crippen LogP contribution in [-0.4, -0.2) is 37.8 Å². The Bertz CT molecular complexity index is 1140. The van der Waals surface area contributed by atoms with E-state index in [2.05, 4.69) is 20.9 Å². The predicted octanol–water partition coefficient (Wildman–Crippen LogP) is 4.30. The van der Waals surface area contributed by atoms with Crippen molar-refractivity contribution in [2.24, 2.45) is 0 Å². The zero-order valence-corrected chi connectivity index (χ0v) is 18.0. The Morgan fingerprint density at radius 1 is 1.13 bits per heavy atom. The number of aliphatic hydroxyl groups is 1. The lowest BCUT2D eigenvalue weighted by Gasteiger charge is -2.25. The van der Waals surface area contributed by atoms with Crippen LogP contribution in [0.2, 0.25) is 0 Å². The number of benzene rings is 2. The largest absolute Gasteiger partial charge is 0.507 e. The van der Waals surface area contributed by atoms with Crippen molar-refractivity contribution in [2.75, 3.05) is 6.54 Å². The molecule has 2 aromatic carbocycles. The van der Waals surface area contributed by atoms with Gasteiger partial charge < -0.3 is 14.6 Å². The van der Waals surface area contributed by atoms with Crippen LogP contribution < -0.4 is 0 Å². The highest BCUT2D eigenvalue weighted by Crippen LogP contribution is 2.40. The molecule has 158 valence electrons. The third-order valence-electron chi connectivity index (χ3n) is 5.20. The van der Waals surface area contributed by atoms with E-state index in [1.807, 2.05) is 35.0 Å². The first-order valence-corrected chi connectivity index (χ1v) is 10.5. The van der Waals surface area contributed by atoms with Gasteiger partial charge in [0.25, 0.3) is 11.7 Å². The van der Waals surface area contributed by atoms with E-state index in [0.717, 1.165) is 4.47 Å². The average molecular weight is 484 g/mol. The van der Waals surface area contributed by atoms with Crippen molar-refractivity contribution in [3.63, 3.8) is 0 Å². The first-order valence-electron chi connectivity index (χ1n) is 9.71. The van der Waals surface area contributed by atoms with Gasteiger partial charge in [0, 0.05) is 35.5 Å². The van der Waals surface area contributed by atoms with E-state index < -0.39 is 23.5 Å². The molecule has 1 atom stereocenters. The Hall–Kier alpha value is -3.26. The molecule has 0 spiro atoms. The molecule has 1 saturated heterocycles. The smallest absolute Gasteiger partial charge is 0.295 e. The van der Waals surface area contributed by atoms with Crippen LogP contribution >= 0.6 is 15.9 Å². The summed E-state index contributed by atoms with van der Waals surface area (Å²) in [6, 6.07) is 11.7. The van der Waals surface area contributed by atoms with Gasteiger partial charge in [-0.25, -0.2) is 9.37 Å². The summed E-state index contributed by atoms with van der Waals surface area (Å²) in [5, 5.41) is 10.9. The molecule has 6 nitrogen and oxygen atoms in total. The maximum Gasteiger partial charge on any atom is 0.295 e. The maximum atomic E-state index is 13.3. The topological polar surface area (TPSA) is 75.4 Å². The Kier molecular flexibility index (Phi) is 5.99. The number of imidazole rings is 1. The molecule has 1 aliphatic heterocycles. The van der Waals surface area contributed by atoms with Crippen LogP contribution in [0.25, 0.3) is 5.76 Å². The number of carbonyl (C=O) groups is 2. The molecule has 1 fully saturated rings. The number of carbonyl (C=O) groups excluding carboxylic acids is 2. The molecule has 8 heteroatoms. The van der Waals surface area contributed by atoms with Gasteiger partial charge in [0.05, 0.1) is 17.9 Å². The zero-order valence-electron chi connectivity index (χ0n) is 16.4. The number of hydrogen-bond acceptors (Lipinski definition) is 4. The summed E-state index contributed by atoms with van der Waals surface area (Å²) in [5.74, 6) is -2.20. The third-order valence-corrected chi connectivity index (χ3v) is 5.69. The van der Waals surface area contributed by atoms with Gasteiger partial charge in [-0.2, -0.15) is 0 Å². The van der Waals surface area contributed by atoms with Gasteiger partial charge in [0.15, 0.2) is 0 Å². The van der Waals surface area contributed by atoms with Crippen molar-refractivity contribution in [3.8, 4) is 0 Å². The van der Waals surface area contributed by atoms with Gasteiger partial charge >= 0.3 is 0 Å². The summed E-state index contributed by atoms with van der Waals surface area (Å²) >= 11 is 3.43. The summed E-state index contributed by atoms with van der Waals surface area (Å²) in [7, 11) is 0. The van der Waals surface area contributed by atoms with Crippen molar-refractivity contribution in [3.05, 3.63) is 94.2 Å². The lowest BCUT2D eigenvalue weighted by molar-refractivity contribution is -0.139. The number of nitrogens with zero attached hydrogens (tertiary/aromatic N) is 3. The summed E-state index contributed by atoms with van der Waals surface area (Å²) < 4.78 is 16.0. The number of likely N-dealkylation sites (tertiary alicyclic amines) is 1. The van der Waals surface area contributed by atoms with Crippen LogP contribution in [0.1, 0.15) is 23.6 Å². The molecule has 2 heterocycles. The van der Waals surface area contributed by atoms with Crippen molar-refractivity contribution < 1.29 is 19.1 Å². The number of Topliss-reactive ketones (excluding diaryl/α,β-unsaturated/α-hetero) is 1. The molecule has 4 rings (SSSR count). The van der Waals surface area contributed by atoms with Gasteiger partial charge in [0.1, 0.15) is 11.6 Å². The summed E-state index contributed by atoms with van der Waals surface area (Å²) in [6.45, 7) is 0.951. The minimum Gasteiger partial charge on any atom is -0.507 e. The molecule has 1 unspecified atom stereocenters. The van der Waals surface area contributed by atoms with E-state index in [4.69, 9.17) is 0 Å². The molecule has 0 aliphatic carbocycles. The first kappa shape index (κ1) is 21.0. The number of aliphatic hydroxyl groups excluding tert-OH is 1. The van der Waals surface area contributed by atoms with Crippen molar-refractivity contribution >= 4 is 33.4 Å². The molecule has 1 aliphatic rings. The fraction of sp³-hybridized carbons (Fsp3) is 0.174. The highest BCUT2D eigenvalue weighted by atomic mass is 79.9. The number of ketones is 1. The lowest BCUT2D eigenvalue weighted by atomic mass is 9.95. The number of aromatic nitrogens is 2. The van der Waals surface area contributed by atoms with Crippen LogP contribution in [0, 0.1) is 5.82 Å². The van der Waals surface area contributed by atoms with E-state index in [0.29, 0.717) is 25.1 Å². The Morgan fingerprint density at radius 2 is 1.90 bits per heavy atom.